The van der Waals surface area contributed by atoms with Crippen LogP contribution in [0, 0.1) is 15.5 Å². The van der Waals surface area contributed by atoms with Gasteiger partial charge in [0, 0.05) is 19.4 Å². The maximum absolute atomic E-state index is 11.8. The highest BCUT2D eigenvalue weighted by atomic mass is 32.2. The Morgan fingerprint density at radius 1 is 1.29 bits per heavy atom. The van der Waals surface area contributed by atoms with Gasteiger partial charge in [0.15, 0.2) is 9.84 Å². The number of rotatable bonds is 7. The number of benzene rings is 1. The number of hydrogen-bond acceptors (Lipinski definition) is 6. The monoisotopic (exact) mass is 356 g/mol. The fourth-order valence-corrected chi connectivity index (χ4v) is 4.35. The second-order valence-corrected chi connectivity index (χ2v) is 8.55. The molecule has 0 unspecified atom stereocenters. The summed E-state index contributed by atoms with van der Waals surface area (Å²) in [5.41, 5.74) is -0.289. The van der Waals surface area contributed by atoms with E-state index in [-0.39, 0.29) is 22.6 Å². The maximum atomic E-state index is 11.8. The van der Waals surface area contributed by atoms with Gasteiger partial charge >= 0.3 is 5.69 Å². The Bertz CT molecular complexity index is 691. The highest BCUT2D eigenvalue weighted by molar-refractivity contribution is 7.90. The van der Waals surface area contributed by atoms with E-state index < -0.39 is 20.4 Å². The first-order valence-corrected chi connectivity index (χ1v) is 10.0. The smallest absolute Gasteiger partial charge is 0.310 e. The molecule has 8 heteroatoms. The average molecular weight is 356 g/mol. The Labute approximate surface area is 142 Å². The molecule has 0 amide bonds. The molecule has 0 radical (unpaired) electrons. The third-order valence-corrected chi connectivity index (χ3v) is 5.92. The van der Waals surface area contributed by atoms with E-state index in [9.17, 15) is 23.6 Å². The van der Waals surface area contributed by atoms with E-state index >= 15 is 0 Å². The van der Waals surface area contributed by atoms with E-state index in [0.29, 0.717) is 13.0 Å². The molecular formula is C16H24N2O5S. The van der Waals surface area contributed by atoms with Gasteiger partial charge < -0.3 is 10.4 Å². The first-order valence-electron chi connectivity index (χ1n) is 8.11. The zero-order chi connectivity index (χ0) is 17.8. The normalized spacial score (nSPS) is 17.4. The fraction of sp³-hybridized carbons (Fsp3) is 0.625. The summed E-state index contributed by atoms with van der Waals surface area (Å²) in [5.74, 6) is 0. The first kappa shape index (κ1) is 18.7. The molecule has 1 aliphatic rings. The lowest BCUT2D eigenvalue weighted by Crippen LogP contribution is -2.33. The molecule has 7 nitrogen and oxygen atoms in total. The predicted octanol–water partition coefficient (Wildman–Crippen LogP) is 2.74. The van der Waals surface area contributed by atoms with Gasteiger partial charge in [-0.05, 0) is 36.8 Å². The van der Waals surface area contributed by atoms with Gasteiger partial charge in [0.25, 0.3) is 0 Å². The lowest BCUT2D eigenvalue weighted by Gasteiger charge is -2.37. The number of anilines is 1. The largest absolute Gasteiger partial charge is 0.396 e. The van der Waals surface area contributed by atoms with Crippen LogP contribution < -0.4 is 5.32 Å². The standard InChI is InChI=1S/C16H24N2O5S/c1-24(22,23)14-7-5-6-13(15(14)18(20)21)17-12-16(10-11-19)8-3-2-4-9-16/h5-7,17,19H,2-4,8-12H2,1H3. The highest BCUT2D eigenvalue weighted by Crippen LogP contribution is 2.40. The van der Waals surface area contributed by atoms with Crippen molar-refractivity contribution in [2.45, 2.75) is 43.4 Å². The van der Waals surface area contributed by atoms with Crippen molar-refractivity contribution in [3.8, 4) is 0 Å². The number of nitrogens with one attached hydrogen (secondary N) is 1. The van der Waals surface area contributed by atoms with Crippen molar-refractivity contribution >= 4 is 21.2 Å². The molecule has 0 saturated heterocycles. The lowest BCUT2D eigenvalue weighted by atomic mass is 9.72. The van der Waals surface area contributed by atoms with Crippen LogP contribution in [0.15, 0.2) is 23.1 Å². The van der Waals surface area contributed by atoms with Gasteiger partial charge in [0.05, 0.1) is 4.92 Å². The molecule has 1 saturated carbocycles. The Hall–Kier alpha value is -1.67. The summed E-state index contributed by atoms with van der Waals surface area (Å²) in [6.07, 6.45) is 6.84. The number of nitro benzene ring substituents is 1. The molecule has 2 rings (SSSR count). The number of nitro groups is 1. The summed E-state index contributed by atoms with van der Waals surface area (Å²) in [6.45, 7) is 0.564. The van der Waals surface area contributed by atoms with Gasteiger partial charge in [0.2, 0.25) is 0 Å². The average Bonchev–Trinajstić information content (AvgIpc) is 2.53. The Morgan fingerprint density at radius 3 is 2.50 bits per heavy atom. The van der Waals surface area contributed by atoms with Crippen LogP contribution in [0.2, 0.25) is 0 Å². The summed E-state index contributed by atoms with van der Waals surface area (Å²) < 4.78 is 23.6. The molecule has 1 aromatic rings. The zero-order valence-corrected chi connectivity index (χ0v) is 14.6. The number of hydrogen-bond donors (Lipinski definition) is 2. The Kier molecular flexibility index (Phi) is 5.82. The molecule has 0 spiro atoms. The van der Waals surface area contributed by atoms with Crippen molar-refractivity contribution in [2.75, 3.05) is 24.7 Å². The van der Waals surface area contributed by atoms with E-state index in [4.69, 9.17) is 0 Å². The Morgan fingerprint density at radius 2 is 1.96 bits per heavy atom. The van der Waals surface area contributed by atoms with Gasteiger partial charge in [-0.25, -0.2) is 8.42 Å². The molecule has 2 N–H and O–H groups in total. The summed E-state index contributed by atoms with van der Waals surface area (Å²) >= 11 is 0. The minimum atomic E-state index is -3.69. The van der Waals surface area contributed by atoms with Crippen LogP contribution in [0.25, 0.3) is 0 Å². The van der Waals surface area contributed by atoms with Crippen molar-refractivity contribution in [1.29, 1.82) is 0 Å². The first-order chi connectivity index (χ1) is 11.3. The van der Waals surface area contributed by atoms with Crippen molar-refractivity contribution in [3.63, 3.8) is 0 Å². The van der Waals surface area contributed by atoms with Crippen LogP contribution in [0.5, 0.6) is 0 Å². The van der Waals surface area contributed by atoms with E-state index in [1.807, 2.05) is 0 Å². The Balaban J connectivity index is 2.30. The van der Waals surface area contributed by atoms with Crippen molar-refractivity contribution < 1.29 is 18.4 Å². The van der Waals surface area contributed by atoms with Crippen LogP contribution >= 0.6 is 0 Å². The molecule has 24 heavy (non-hydrogen) atoms. The third-order valence-electron chi connectivity index (χ3n) is 4.79. The lowest BCUT2D eigenvalue weighted by molar-refractivity contribution is -0.386. The molecule has 0 heterocycles. The minimum Gasteiger partial charge on any atom is -0.396 e. The summed E-state index contributed by atoms with van der Waals surface area (Å²) in [6, 6.07) is 4.29. The number of aliphatic hydroxyl groups is 1. The zero-order valence-electron chi connectivity index (χ0n) is 13.8. The van der Waals surface area contributed by atoms with Crippen molar-refractivity contribution in [1.82, 2.24) is 0 Å². The second kappa shape index (κ2) is 7.48. The number of nitrogens with zero attached hydrogens (tertiary/aromatic N) is 1. The quantitative estimate of drug-likeness (QED) is 0.574. The van der Waals surface area contributed by atoms with Crippen molar-refractivity contribution in [2.24, 2.45) is 5.41 Å². The summed E-state index contributed by atoms with van der Waals surface area (Å²) in [4.78, 5) is 10.5. The van der Waals surface area contributed by atoms with Gasteiger partial charge in [-0.2, -0.15) is 0 Å². The molecule has 1 aromatic carbocycles. The number of aliphatic hydroxyl groups excluding tert-OH is 1. The van der Waals surface area contributed by atoms with Crippen LogP contribution in [0.1, 0.15) is 38.5 Å². The van der Waals surface area contributed by atoms with Crippen LogP contribution in [-0.4, -0.2) is 37.9 Å². The minimum absolute atomic E-state index is 0.0765. The topological polar surface area (TPSA) is 110 Å². The van der Waals surface area contributed by atoms with E-state index in [1.54, 1.807) is 0 Å². The van der Waals surface area contributed by atoms with Crippen LogP contribution in [0.4, 0.5) is 11.4 Å². The van der Waals surface area contributed by atoms with Crippen LogP contribution in [-0.2, 0) is 9.84 Å². The van der Waals surface area contributed by atoms with Gasteiger partial charge in [0.1, 0.15) is 10.6 Å². The third kappa shape index (κ3) is 4.24. The highest BCUT2D eigenvalue weighted by Gasteiger charge is 2.33. The summed E-state index contributed by atoms with van der Waals surface area (Å²) in [7, 11) is -3.69. The van der Waals surface area contributed by atoms with E-state index in [2.05, 4.69) is 5.32 Å². The van der Waals surface area contributed by atoms with Crippen molar-refractivity contribution in [3.05, 3.63) is 28.3 Å². The summed E-state index contributed by atoms with van der Waals surface area (Å²) in [5, 5.41) is 23.9. The van der Waals surface area contributed by atoms with Gasteiger partial charge in [-0.3, -0.25) is 10.1 Å². The molecule has 134 valence electrons. The van der Waals surface area contributed by atoms with E-state index in [1.165, 1.54) is 18.2 Å². The van der Waals surface area contributed by atoms with Crippen LogP contribution in [0.3, 0.4) is 0 Å². The maximum Gasteiger partial charge on any atom is 0.310 e. The predicted molar refractivity (Wildman–Crippen MR) is 91.9 cm³/mol. The fourth-order valence-electron chi connectivity index (χ4n) is 3.49. The molecular weight excluding hydrogens is 332 g/mol. The van der Waals surface area contributed by atoms with Gasteiger partial charge in [-0.15, -0.1) is 0 Å². The molecule has 0 bridgehead atoms. The molecule has 1 fully saturated rings. The number of sulfone groups is 1. The van der Waals surface area contributed by atoms with Gasteiger partial charge in [-0.1, -0.05) is 25.3 Å². The molecule has 1 aliphatic carbocycles. The molecule has 0 aliphatic heterocycles. The van der Waals surface area contributed by atoms with E-state index in [0.717, 1.165) is 38.4 Å². The SMILES string of the molecule is CS(=O)(=O)c1cccc(NCC2(CCO)CCCCC2)c1[N+](=O)[O-]. The second-order valence-electron chi connectivity index (χ2n) is 6.57. The number of para-hydroxylation sites is 1. The molecule has 0 atom stereocenters. The molecule has 0 aromatic heterocycles.